The SMILES string of the molecule is O=C(c1ccc(F)cc1)c1ccccc1C(=O)N1CCN(Cc2ccncc2)CC1. The summed E-state index contributed by atoms with van der Waals surface area (Å²) in [6, 6.07) is 16.2. The number of ketones is 1. The number of piperazine rings is 1. The van der Waals surface area contributed by atoms with Crippen molar-refractivity contribution < 1.29 is 14.0 Å². The molecule has 0 aliphatic carbocycles. The fourth-order valence-corrected chi connectivity index (χ4v) is 3.65. The maximum absolute atomic E-state index is 13.2. The first kappa shape index (κ1) is 19.9. The van der Waals surface area contributed by atoms with Gasteiger partial charge in [0.15, 0.2) is 5.78 Å². The minimum absolute atomic E-state index is 0.148. The van der Waals surface area contributed by atoms with Crippen molar-refractivity contribution in [1.82, 2.24) is 14.8 Å². The van der Waals surface area contributed by atoms with Crippen LogP contribution >= 0.6 is 0 Å². The molecule has 0 bridgehead atoms. The summed E-state index contributed by atoms with van der Waals surface area (Å²) in [4.78, 5) is 34.2. The van der Waals surface area contributed by atoms with Crippen LogP contribution in [0.25, 0.3) is 0 Å². The summed E-state index contributed by atoms with van der Waals surface area (Å²) >= 11 is 0. The van der Waals surface area contributed by atoms with E-state index in [0.717, 1.165) is 19.6 Å². The zero-order chi connectivity index (χ0) is 20.9. The Morgan fingerprint density at radius 1 is 0.833 bits per heavy atom. The lowest BCUT2D eigenvalue weighted by Gasteiger charge is -2.35. The Bertz CT molecular complexity index is 1030. The van der Waals surface area contributed by atoms with Crippen molar-refractivity contribution in [2.75, 3.05) is 26.2 Å². The van der Waals surface area contributed by atoms with Crippen LogP contribution in [0.2, 0.25) is 0 Å². The van der Waals surface area contributed by atoms with Crippen LogP contribution in [-0.4, -0.2) is 52.7 Å². The number of nitrogens with zero attached hydrogens (tertiary/aromatic N) is 3. The number of aromatic nitrogens is 1. The Hall–Kier alpha value is -3.38. The first-order chi connectivity index (χ1) is 14.6. The molecular formula is C24H22FN3O2. The van der Waals surface area contributed by atoms with Gasteiger partial charge in [-0.3, -0.25) is 19.5 Å². The van der Waals surface area contributed by atoms with Crippen molar-refractivity contribution in [1.29, 1.82) is 0 Å². The molecule has 0 unspecified atom stereocenters. The summed E-state index contributed by atoms with van der Waals surface area (Å²) in [5.74, 6) is -0.833. The minimum Gasteiger partial charge on any atom is -0.336 e. The van der Waals surface area contributed by atoms with Crippen molar-refractivity contribution >= 4 is 11.7 Å². The third-order valence-corrected chi connectivity index (χ3v) is 5.32. The lowest BCUT2D eigenvalue weighted by Crippen LogP contribution is -2.48. The summed E-state index contributed by atoms with van der Waals surface area (Å²) in [5.41, 5.74) is 2.28. The Morgan fingerprint density at radius 2 is 1.47 bits per heavy atom. The lowest BCUT2D eigenvalue weighted by molar-refractivity contribution is 0.0625. The molecule has 1 aromatic heterocycles. The lowest BCUT2D eigenvalue weighted by atomic mass is 9.97. The standard InChI is InChI=1S/C24H22FN3O2/c25-20-7-5-19(6-8-20)23(29)21-3-1-2-4-22(21)24(30)28-15-13-27(14-16-28)17-18-9-11-26-12-10-18/h1-12H,13-17H2. The Morgan fingerprint density at radius 3 is 2.13 bits per heavy atom. The van der Waals surface area contributed by atoms with Gasteiger partial charge in [0.2, 0.25) is 0 Å². The Kier molecular flexibility index (Phi) is 5.95. The van der Waals surface area contributed by atoms with E-state index in [9.17, 15) is 14.0 Å². The van der Waals surface area contributed by atoms with Crippen LogP contribution in [0.3, 0.4) is 0 Å². The van der Waals surface area contributed by atoms with Gasteiger partial charge in [0.25, 0.3) is 5.91 Å². The van der Waals surface area contributed by atoms with E-state index in [1.165, 1.54) is 29.8 Å². The first-order valence-electron chi connectivity index (χ1n) is 9.91. The second-order valence-electron chi connectivity index (χ2n) is 7.31. The van der Waals surface area contributed by atoms with E-state index in [0.29, 0.717) is 29.8 Å². The topological polar surface area (TPSA) is 53.5 Å². The van der Waals surface area contributed by atoms with Crippen molar-refractivity contribution in [3.8, 4) is 0 Å². The number of benzene rings is 2. The number of pyridine rings is 1. The highest BCUT2D eigenvalue weighted by Crippen LogP contribution is 2.18. The van der Waals surface area contributed by atoms with Crippen molar-refractivity contribution in [2.45, 2.75) is 6.54 Å². The molecule has 3 aromatic rings. The molecule has 4 rings (SSSR count). The predicted molar refractivity (Wildman–Crippen MR) is 112 cm³/mol. The maximum Gasteiger partial charge on any atom is 0.254 e. The third-order valence-electron chi connectivity index (χ3n) is 5.32. The van der Waals surface area contributed by atoms with Gasteiger partial charge < -0.3 is 4.90 Å². The fourth-order valence-electron chi connectivity index (χ4n) is 3.65. The molecule has 1 aliphatic heterocycles. The molecule has 0 spiro atoms. The zero-order valence-electron chi connectivity index (χ0n) is 16.5. The molecule has 2 aromatic carbocycles. The van der Waals surface area contributed by atoms with Crippen molar-refractivity contribution in [2.24, 2.45) is 0 Å². The maximum atomic E-state index is 13.2. The van der Waals surface area contributed by atoms with E-state index in [1.807, 2.05) is 12.1 Å². The van der Waals surface area contributed by atoms with Crippen LogP contribution in [0.15, 0.2) is 73.1 Å². The van der Waals surface area contributed by atoms with Crippen LogP contribution in [0.1, 0.15) is 31.8 Å². The second kappa shape index (κ2) is 8.97. The molecular weight excluding hydrogens is 381 g/mol. The molecule has 30 heavy (non-hydrogen) atoms. The molecule has 2 heterocycles. The molecule has 0 radical (unpaired) electrons. The number of hydrogen-bond acceptors (Lipinski definition) is 4. The van der Waals surface area contributed by atoms with E-state index in [2.05, 4.69) is 9.88 Å². The van der Waals surface area contributed by atoms with E-state index >= 15 is 0 Å². The van der Waals surface area contributed by atoms with Gasteiger partial charge in [0, 0.05) is 56.2 Å². The van der Waals surface area contributed by atoms with E-state index in [-0.39, 0.29) is 11.7 Å². The number of halogens is 1. The van der Waals surface area contributed by atoms with E-state index in [1.54, 1.807) is 41.6 Å². The quantitative estimate of drug-likeness (QED) is 0.613. The molecule has 1 saturated heterocycles. The smallest absolute Gasteiger partial charge is 0.254 e. The van der Waals surface area contributed by atoms with Crippen LogP contribution < -0.4 is 0 Å². The molecule has 0 saturated carbocycles. The minimum atomic E-state index is -0.402. The van der Waals surface area contributed by atoms with Gasteiger partial charge in [-0.15, -0.1) is 0 Å². The van der Waals surface area contributed by atoms with Gasteiger partial charge >= 0.3 is 0 Å². The Balaban J connectivity index is 1.45. The third kappa shape index (κ3) is 4.44. The summed E-state index contributed by atoms with van der Waals surface area (Å²) in [7, 11) is 0. The molecule has 0 atom stereocenters. The van der Waals surface area contributed by atoms with Gasteiger partial charge in [-0.1, -0.05) is 18.2 Å². The monoisotopic (exact) mass is 403 g/mol. The number of carbonyl (C=O) groups is 2. The van der Waals surface area contributed by atoms with E-state index < -0.39 is 5.82 Å². The fraction of sp³-hybridized carbons (Fsp3) is 0.208. The van der Waals surface area contributed by atoms with Crippen LogP contribution in [0, 0.1) is 5.82 Å². The highest BCUT2D eigenvalue weighted by molar-refractivity contribution is 6.15. The highest BCUT2D eigenvalue weighted by Gasteiger charge is 2.25. The van der Waals surface area contributed by atoms with Crippen LogP contribution in [-0.2, 0) is 6.54 Å². The van der Waals surface area contributed by atoms with E-state index in [4.69, 9.17) is 0 Å². The largest absolute Gasteiger partial charge is 0.336 e. The summed E-state index contributed by atoms with van der Waals surface area (Å²) in [5, 5.41) is 0. The summed E-state index contributed by atoms with van der Waals surface area (Å²) in [6.07, 6.45) is 3.56. The summed E-state index contributed by atoms with van der Waals surface area (Å²) in [6.45, 7) is 3.56. The van der Waals surface area contributed by atoms with Crippen molar-refractivity contribution in [3.63, 3.8) is 0 Å². The van der Waals surface area contributed by atoms with Crippen LogP contribution in [0.5, 0.6) is 0 Å². The predicted octanol–water partition coefficient (Wildman–Crippen LogP) is 3.41. The van der Waals surface area contributed by atoms with Gasteiger partial charge in [-0.05, 0) is 48.0 Å². The van der Waals surface area contributed by atoms with Gasteiger partial charge in [-0.25, -0.2) is 4.39 Å². The number of carbonyl (C=O) groups excluding carboxylic acids is 2. The number of hydrogen-bond donors (Lipinski definition) is 0. The zero-order valence-corrected chi connectivity index (χ0v) is 16.5. The molecule has 1 amide bonds. The van der Waals surface area contributed by atoms with Gasteiger partial charge in [-0.2, -0.15) is 0 Å². The molecule has 1 aliphatic rings. The molecule has 5 nitrogen and oxygen atoms in total. The van der Waals surface area contributed by atoms with Crippen molar-refractivity contribution in [3.05, 3.63) is 101 Å². The molecule has 152 valence electrons. The van der Waals surface area contributed by atoms with Crippen LogP contribution in [0.4, 0.5) is 4.39 Å². The number of rotatable bonds is 5. The normalized spacial score (nSPS) is 14.5. The Labute approximate surface area is 174 Å². The first-order valence-corrected chi connectivity index (χ1v) is 9.91. The average molecular weight is 403 g/mol. The summed E-state index contributed by atoms with van der Waals surface area (Å²) < 4.78 is 13.2. The highest BCUT2D eigenvalue weighted by atomic mass is 19.1. The molecule has 1 fully saturated rings. The second-order valence-corrected chi connectivity index (χ2v) is 7.31. The van der Waals surface area contributed by atoms with Gasteiger partial charge in [0.05, 0.1) is 5.56 Å². The number of amides is 1. The van der Waals surface area contributed by atoms with Gasteiger partial charge in [0.1, 0.15) is 5.82 Å². The molecule has 0 N–H and O–H groups in total. The molecule has 6 heteroatoms. The average Bonchev–Trinajstić information content (AvgIpc) is 2.80.